The third-order valence-electron chi connectivity index (χ3n) is 5.86. The van der Waals surface area contributed by atoms with Gasteiger partial charge in [-0.2, -0.15) is 8.62 Å². The second-order valence-electron chi connectivity index (χ2n) is 8.09. The molecule has 0 aliphatic heterocycles. The van der Waals surface area contributed by atoms with Crippen molar-refractivity contribution in [3.63, 3.8) is 0 Å². The van der Waals surface area contributed by atoms with E-state index in [-0.39, 0.29) is 35.7 Å². The van der Waals surface area contributed by atoms with Gasteiger partial charge < -0.3 is 29.9 Å². The maximum atomic E-state index is 12.1. The van der Waals surface area contributed by atoms with E-state index in [1.807, 2.05) is 25.3 Å². The highest BCUT2D eigenvalue weighted by molar-refractivity contribution is 7.66. The fourth-order valence-corrected chi connectivity index (χ4v) is 7.06. The average molecular weight is 515 g/mol. The van der Waals surface area contributed by atoms with Gasteiger partial charge in [0.25, 0.3) is 0 Å². The minimum atomic E-state index is -5.56. The number of nitrogen functional groups attached to an aromatic ring is 1. The third kappa shape index (κ3) is 5.45. The average Bonchev–Trinajstić information content (AvgIpc) is 3.11. The van der Waals surface area contributed by atoms with Crippen LogP contribution in [-0.4, -0.2) is 45.7 Å². The fourth-order valence-electron chi connectivity index (χ4n) is 3.98. The molecule has 0 amide bonds. The molecule has 6 N–H and O–H groups in total. The standard InChI is InChI=1S/C14H24N5O10P3/c1-8-9(5-27-31(23,24)29-32(25,26)28-30(20,21)22)4-10(14(8,2)3)19-7-18-11-12(15)16-6-17-13(11)19/h6-10H,4-5H2,1-3H3,(H,23,24)(H,25,26)(H2,15,16,17)(H2,20,21,22)/t8?,9-,10-/m1/s1. The normalized spacial score (nSPS) is 27.3. The summed E-state index contributed by atoms with van der Waals surface area (Å²) >= 11 is 0. The van der Waals surface area contributed by atoms with Crippen LogP contribution in [0.15, 0.2) is 12.7 Å². The number of phosphoric ester groups is 1. The van der Waals surface area contributed by atoms with Crippen LogP contribution >= 0.6 is 23.5 Å². The van der Waals surface area contributed by atoms with Crippen molar-refractivity contribution in [1.82, 2.24) is 19.5 Å². The molecule has 18 heteroatoms. The van der Waals surface area contributed by atoms with Crippen LogP contribution < -0.4 is 5.73 Å². The van der Waals surface area contributed by atoms with Crippen molar-refractivity contribution in [3.8, 4) is 0 Å². The lowest BCUT2D eigenvalue weighted by Gasteiger charge is -2.32. The number of hydrogen-bond acceptors (Lipinski definition) is 10. The van der Waals surface area contributed by atoms with E-state index in [2.05, 4.69) is 23.6 Å². The van der Waals surface area contributed by atoms with Crippen molar-refractivity contribution in [2.45, 2.75) is 33.2 Å². The Morgan fingerprint density at radius 3 is 2.41 bits per heavy atom. The molecule has 0 bridgehead atoms. The number of fused-ring (bicyclic) bond motifs is 1. The number of imidazole rings is 1. The van der Waals surface area contributed by atoms with Gasteiger partial charge in [0.05, 0.1) is 12.9 Å². The zero-order valence-electron chi connectivity index (χ0n) is 17.2. The first kappa shape index (κ1) is 25.4. The number of nitrogens with two attached hydrogens (primary N) is 1. The van der Waals surface area contributed by atoms with E-state index in [9.17, 15) is 23.5 Å². The highest BCUT2D eigenvalue weighted by atomic mass is 31.3. The summed E-state index contributed by atoms with van der Waals surface area (Å²) in [6, 6.07) is -0.147. The van der Waals surface area contributed by atoms with E-state index < -0.39 is 23.5 Å². The molecule has 2 heterocycles. The van der Waals surface area contributed by atoms with Crippen molar-refractivity contribution >= 4 is 40.4 Å². The summed E-state index contributed by atoms with van der Waals surface area (Å²) in [4.78, 5) is 48.7. The highest BCUT2D eigenvalue weighted by Crippen LogP contribution is 2.66. The van der Waals surface area contributed by atoms with Crippen LogP contribution in [0.4, 0.5) is 5.82 Å². The SMILES string of the molecule is CC1[C@@H](COP(=O)(O)OP(=O)(O)OP(=O)(O)O)C[C@@H](n2cnc3c(N)ncnc32)C1(C)C. The molecule has 0 aromatic carbocycles. The molecule has 2 aromatic rings. The Kier molecular flexibility index (Phi) is 6.76. The van der Waals surface area contributed by atoms with Crippen LogP contribution in [0.3, 0.4) is 0 Å². The first-order valence-electron chi connectivity index (χ1n) is 9.24. The van der Waals surface area contributed by atoms with Gasteiger partial charge in [-0.1, -0.05) is 20.8 Å². The zero-order chi connectivity index (χ0) is 24.1. The summed E-state index contributed by atoms with van der Waals surface area (Å²) in [6.45, 7) is 5.59. The van der Waals surface area contributed by atoms with Gasteiger partial charge >= 0.3 is 23.5 Å². The molecule has 0 saturated heterocycles. The van der Waals surface area contributed by atoms with Crippen molar-refractivity contribution in [2.75, 3.05) is 12.3 Å². The molecule has 3 rings (SSSR count). The van der Waals surface area contributed by atoms with Gasteiger partial charge in [-0.25, -0.2) is 28.6 Å². The highest BCUT2D eigenvalue weighted by Gasteiger charge is 2.49. The Morgan fingerprint density at radius 2 is 1.78 bits per heavy atom. The maximum Gasteiger partial charge on any atom is 0.490 e. The molecule has 180 valence electrons. The van der Waals surface area contributed by atoms with E-state index in [0.717, 1.165) is 0 Å². The lowest BCUT2D eigenvalue weighted by molar-refractivity contribution is 0.126. The number of phosphoric acid groups is 3. The van der Waals surface area contributed by atoms with E-state index in [4.69, 9.17) is 20.0 Å². The quantitative estimate of drug-likeness (QED) is 0.317. The van der Waals surface area contributed by atoms with E-state index in [1.165, 1.54) is 6.33 Å². The summed E-state index contributed by atoms with van der Waals surface area (Å²) < 4.78 is 48.5. The smallest absolute Gasteiger partial charge is 0.382 e. The Labute approximate surface area is 182 Å². The second kappa shape index (κ2) is 8.52. The molecule has 15 nitrogen and oxygen atoms in total. The van der Waals surface area contributed by atoms with Gasteiger partial charge in [-0.05, 0) is 23.7 Å². The lowest BCUT2D eigenvalue weighted by atomic mass is 9.78. The molecule has 32 heavy (non-hydrogen) atoms. The monoisotopic (exact) mass is 515 g/mol. The molecular formula is C14H24N5O10P3. The lowest BCUT2D eigenvalue weighted by Crippen LogP contribution is -2.27. The van der Waals surface area contributed by atoms with E-state index >= 15 is 0 Å². The molecular weight excluding hydrogens is 491 g/mol. The van der Waals surface area contributed by atoms with E-state index in [0.29, 0.717) is 17.6 Å². The van der Waals surface area contributed by atoms with Gasteiger partial charge in [0.15, 0.2) is 11.5 Å². The maximum absolute atomic E-state index is 12.1. The molecule has 1 saturated carbocycles. The van der Waals surface area contributed by atoms with Crippen LogP contribution in [0.2, 0.25) is 0 Å². The summed E-state index contributed by atoms with van der Waals surface area (Å²) in [7, 11) is -16.2. The summed E-state index contributed by atoms with van der Waals surface area (Å²) in [5.41, 5.74) is 6.49. The van der Waals surface area contributed by atoms with Crippen LogP contribution in [0.5, 0.6) is 0 Å². The van der Waals surface area contributed by atoms with Gasteiger partial charge in [-0.15, -0.1) is 0 Å². The molecule has 3 unspecified atom stereocenters. The Balaban J connectivity index is 1.74. The van der Waals surface area contributed by atoms with Crippen LogP contribution in [0.25, 0.3) is 11.2 Å². The number of nitrogens with zero attached hydrogens (tertiary/aromatic N) is 4. The Morgan fingerprint density at radius 1 is 1.12 bits per heavy atom. The largest absolute Gasteiger partial charge is 0.490 e. The van der Waals surface area contributed by atoms with Crippen molar-refractivity contribution in [1.29, 1.82) is 0 Å². The second-order valence-corrected chi connectivity index (χ2v) is 12.5. The third-order valence-corrected chi connectivity index (χ3v) is 9.66. The number of hydrogen-bond donors (Lipinski definition) is 5. The van der Waals surface area contributed by atoms with E-state index in [1.54, 1.807) is 6.33 Å². The molecule has 1 aliphatic rings. The van der Waals surface area contributed by atoms with Gasteiger partial charge in [-0.3, -0.25) is 4.52 Å². The van der Waals surface area contributed by atoms with Crippen LogP contribution in [0, 0.1) is 17.3 Å². The van der Waals surface area contributed by atoms with Gasteiger partial charge in [0.1, 0.15) is 11.8 Å². The molecule has 5 atom stereocenters. The minimum Gasteiger partial charge on any atom is -0.382 e. The Bertz CT molecular complexity index is 1150. The van der Waals surface area contributed by atoms with Crippen LogP contribution in [0.1, 0.15) is 33.2 Å². The summed E-state index contributed by atoms with van der Waals surface area (Å²) in [5, 5.41) is 0. The molecule has 2 aromatic heterocycles. The van der Waals surface area contributed by atoms with Crippen molar-refractivity contribution in [3.05, 3.63) is 12.7 Å². The van der Waals surface area contributed by atoms with Crippen molar-refractivity contribution < 1.29 is 46.4 Å². The first-order valence-corrected chi connectivity index (χ1v) is 13.8. The molecule has 1 fully saturated rings. The van der Waals surface area contributed by atoms with Gasteiger partial charge in [0.2, 0.25) is 0 Å². The Hall–Kier alpha value is -1.24. The number of aromatic nitrogens is 4. The fraction of sp³-hybridized carbons (Fsp3) is 0.643. The number of rotatable bonds is 8. The number of anilines is 1. The van der Waals surface area contributed by atoms with Crippen molar-refractivity contribution in [2.24, 2.45) is 17.3 Å². The van der Waals surface area contributed by atoms with Crippen LogP contribution in [-0.2, 0) is 26.8 Å². The summed E-state index contributed by atoms with van der Waals surface area (Å²) in [6.07, 6.45) is 3.40. The molecule has 0 radical (unpaired) electrons. The zero-order valence-corrected chi connectivity index (χ0v) is 19.9. The molecule has 1 aliphatic carbocycles. The summed E-state index contributed by atoms with van der Waals surface area (Å²) in [5.74, 6) is -0.116. The van der Waals surface area contributed by atoms with Gasteiger partial charge in [0, 0.05) is 6.04 Å². The predicted octanol–water partition coefficient (Wildman–Crippen LogP) is 1.98. The first-order chi connectivity index (χ1) is 14.5. The topological polar surface area (TPSA) is 229 Å². The molecule has 0 spiro atoms. The predicted molar refractivity (Wildman–Crippen MR) is 110 cm³/mol. The minimum absolute atomic E-state index is 0.0589.